The van der Waals surface area contributed by atoms with Crippen LogP contribution in [0.1, 0.15) is 53.4 Å². The minimum absolute atomic E-state index is 0.193. The molecule has 5 nitrogen and oxygen atoms in total. The highest BCUT2D eigenvalue weighted by molar-refractivity contribution is 5.90. The number of hydrogen-bond acceptors (Lipinski definition) is 4. The van der Waals surface area contributed by atoms with E-state index < -0.39 is 0 Å². The molecule has 26 heavy (non-hydrogen) atoms. The van der Waals surface area contributed by atoms with Crippen LogP contribution in [0.15, 0.2) is 43.0 Å². The third-order valence-electron chi connectivity index (χ3n) is 6.16. The van der Waals surface area contributed by atoms with Crippen molar-refractivity contribution in [1.29, 1.82) is 0 Å². The van der Waals surface area contributed by atoms with Crippen molar-refractivity contribution in [1.82, 2.24) is 14.4 Å². The van der Waals surface area contributed by atoms with Crippen molar-refractivity contribution < 1.29 is 9.53 Å². The molecule has 3 saturated carbocycles. The van der Waals surface area contributed by atoms with E-state index >= 15 is 0 Å². The zero-order valence-corrected chi connectivity index (χ0v) is 15.0. The first-order valence-electron chi connectivity index (χ1n) is 9.13. The van der Waals surface area contributed by atoms with Crippen molar-refractivity contribution in [3.63, 3.8) is 0 Å². The minimum atomic E-state index is -0.233. The molecule has 3 aliphatic rings. The van der Waals surface area contributed by atoms with Crippen LogP contribution >= 0.6 is 0 Å². The zero-order chi connectivity index (χ0) is 17.9. The molecule has 0 amide bonds. The van der Waals surface area contributed by atoms with Gasteiger partial charge in [-0.3, -0.25) is 4.40 Å². The van der Waals surface area contributed by atoms with Gasteiger partial charge in [-0.25, -0.2) is 14.8 Å². The van der Waals surface area contributed by atoms with E-state index in [1.807, 2.05) is 35.6 Å². The molecule has 0 saturated heterocycles. The Labute approximate surface area is 152 Å². The lowest BCUT2D eigenvalue weighted by Gasteiger charge is -2.70. The highest BCUT2D eigenvalue weighted by Crippen LogP contribution is 2.74. The van der Waals surface area contributed by atoms with Gasteiger partial charge in [0.05, 0.1) is 17.9 Å². The number of nitrogens with zero attached hydrogens (tertiary/aromatic N) is 3. The van der Waals surface area contributed by atoms with Crippen LogP contribution in [0.5, 0.6) is 0 Å². The van der Waals surface area contributed by atoms with Gasteiger partial charge in [0, 0.05) is 17.8 Å². The summed E-state index contributed by atoms with van der Waals surface area (Å²) in [6, 6.07) is 7.90. The fourth-order valence-corrected chi connectivity index (χ4v) is 4.98. The fourth-order valence-electron chi connectivity index (χ4n) is 4.98. The third-order valence-corrected chi connectivity index (χ3v) is 6.16. The number of ether oxygens (including phenoxy) is 1. The first-order chi connectivity index (χ1) is 12.6. The molecule has 2 aromatic heterocycles. The second-order valence-electron chi connectivity index (χ2n) is 7.81. The molecule has 2 heterocycles. The fraction of sp³-hybridized carbons (Fsp3) is 0.381. The van der Waals surface area contributed by atoms with E-state index in [1.165, 1.54) is 16.8 Å². The molecule has 0 aliphatic heterocycles. The molecule has 0 N–H and O–H groups in total. The van der Waals surface area contributed by atoms with Crippen molar-refractivity contribution in [3.8, 4) is 0 Å². The van der Waals surface area contributed by atoms with Crippen molar-refractivity contribution in [3.05, 3.63) is 65.4 Å². The molecule has 0 unspecified atom stereocenters. The van der Waals surface area contributed by atoms with Crippen molar-refractivity contribution in [2.24, 2.45) is 0 Å². The molecule has 132 valence electrons. The van der Waals surface area contributed by atoms with Crippen LogP contribution in [0, 0.1) is 6.92 Å². The molecule has 6 rings (SSSR count). The quantitative estimate of drug-likeness (QED) is 0.677. The molecule has 2 bridgehead atoms. The Bertz CT molecular complexity index is 984. The maximum Gasteiger partial charge on any atom is 0.338 e. The second kappa shape index (κ2) is 5.16. The molecular weight excluding hydrogens is 326 g/mol. The normalized spacial score (nSPS) is 26.2. The molecule has 3 fully saturated rings. The second-order valence-corrected chi connectivity index (χ2v) is 7.81. The molecule has 0 atom stereocenters. The van der Waals surface area contributed by atoms with E-state index in [1.54, 1.807) is 12.5 Å². The Morgan fingerprint density at radius 3 is 2.77 bits per heavy atom. The molecule has 0 spiro atoms. The van der Waals surface area contributed by atoms with Gasteiger partial charge in [-0.1, -0.05) is 6.07 Å². The van der Waals surface area contributed by atoms with Crippen LogP contribution in [0.2, 0.25) is 0 Å². The zero-order valence-electron chi connectivity index (χ0n) is 15.0. The monoisotopic (exact) mass is 347 g/mol. The van der Waals surface area contributed by atoms with E-state index in [0.29, 0.717) is 12.2 Å². The van der Waals surface area contributed by atoms with Gasteiger partial charge in [-0.05, 0) is 67.9 Å². The van der Waals surface area contributed by atoms with Gasteiger partial charge in [0.15, 0.2) is 0 Å². The Morgan fingerprint density at radius 1 is 1.23 bits per heavy atom. The SMILES string of the molecule is CCOC(=O)c1ccc(C)c(C23CC(c4cn5cnccc5n4)(C2)C3)c1. The molecule has 0 radical (unpaired) electrons. The van der Waals surface area contributed by atoms with E-state index in [0.717, 1.165) is 24.9 Å². The lowest BCUT2D eigenvalue weighted by Crippen LogP contribution is -2.67. The molecule has 3 aromatic rings. The van der Waals surface area contributed by atoms with Gasteiger partial charge in [0.25, 0.3) is 0 Å². The number of carbonyl (C=O) groups is 1. The maximum atomic E-state index is 12.1. The van der Waals surface area contributed by atoms with Gasteiger partial charge in [-0.2, -0.15) is 0 Å². The van der Waals surface area contributed by atoms with Crippen molar-refractivity contribution in [2.45, 2.75) is 43.9 Å². The molecule has 3 aliphatic carbocycles. The predicted octanol–water partition coefficient (Wildman–Crippen LogP) is 3.59. The topological polar surface area (TPSA) is 56.5 Å². The smallest absolute Gasteiger partial charge is 0.338 e. The number of esters is 1. The minimum Gasteiger partial charge on any atom is -0.462 e. The Kier molecular flexibility index (Phi) is 3.09. The number of carbonyl (C=O) groups excluding carboxylic acids is 1. The third kappa shape index (κ3) is 2.00. The number of aryl methyl sites for hydroxylation is 1. The van der Waals surface area contributed by atoms with E-state index in [4.69, 9.17) is 9.72 Å². The van der Waals surface area contributed by atoms with Gasteiger partial charge in [0.1, 0.15) is 12.0 Å². The lowest BCUT2D eigenvalue weighted by molar-refractivity contribution is -0.0724. The summed E-state index contributed by atoms with van der Waals surface area (Å²) in [6.45, 7) is 4.37. The number of rotatable bonds is 4. The van der Waals surface area contributed by atoms with Gasteiger partial charge < -0.3 is 4.74 Å². The van der Waals surface area contributed by atoms with E-state index in [9.17, 15) is 4.79 Å². The Balaban J connectivity index is 1.43. The van der Waals surface area contributed by atoms with E-state index in [-0.39, 0.29) is 16.8 Å². The number of fused-ring (bicyclic) bond motifs is 1. The van der Waals surface area contributed by atoms with E-state index in [2.05, 4.69) is 18.1 Å². The molecular formula is C21H21N3O2. The maximum absolute atomic E-state index is 12.1. The molecule has 1 aromatic carbocycles. The lowest BCUT2D eigenvalue weighted by atomic mass is 9.32. The number of hydrogen-bond donors (Lipinski definition) is 0. The summed E-state index contributed by atoms with van der Waals surface area (Å²) in [4.78, 5) is 21.1. The van der Waals surface area contributed by atoms with Gasteiger partial charge in [-0.15, -0.1) is 0 Å². The van der Waals surface area contributed by atoms with Crippen LogP contribution in [0.4, 0.5) is 0 Å². The summed E-state index contributed by atoms with van der Waals surface area (Å²) in [5.41, 5.74) is 5.73. The van der Waals surface area contributed by atoms with Crippen LogP contribution in [-0.2, 0) is 15.6 Å². The van der Waals surface area contributed by atoms with Crippen LogP contribution in [0.3, 0.4) is 0 Å². The summed E-state index contributed by atoms with van der Waals surface area (Å²) in [5.74, 6) is -0.233. The number of imidazole rings is 1. The van der Waals surface area contributed by atoms with Crippen LogP contribution < -0.4 is 0 Å². The highest BCUT2D eigenvalue weighted by Gasteiger charge is 2.70. The Hall–Kier alpha value is -2.69. The van der Waals surface area contributed by atoms with Gasteiger partial charge >= 0.3 is 5.97 Å². The predicted molar refractivity (Wildman–Crippen MR) is 97.3 cm³/mol. The largest absolute Gasteiger partial charge is 0.462 e. The first kappa shape index (κ1) is 15.6. The van der Waals surface area contributed by atoms with Gasteiger partial charge in [0.2, 0.25) is 0 Å². The molecule has 5 heteroatoms. The average molecular weight is 347 g/mol. The summed E-state index contributed by atoms with van der Waals surface area (Å²) in [5, 5.41) is 0. The Morgan fingerprint density at radius 2 is 2.04 bits per heavy atom. The van der Waals surface area contributed by atoms with Crippen molar-refractivity contribution in [2.75, 3.05) is 6.61 Å². The average Bonchev–Trinajstić information content (AvgIpc) is 2.98. The number of aromatic nitrogens is 3. The summed E-state index contributed by atoms with van der Waals surface area (Å²) in [7, 11) is 0. The number of benzene rings is 1. The highest BCUT2D eigenvalue weighted by atomic mass is 16.5. The standard InChI is InChI=1S/C21H21N3O2/c1-3-26-19(25)15-5-4-14(2)16(8-15)20-10-21(11-20,12-20)17-9-24-13-22-7-6-18(24)23-17/h4-9,13H,3,10-12H2,1-2H3. The summed E-state index contributed by atoms with van der Waals surface area (Å²) < 4.78 is 7.16. The van der Waals surface area contributed by atoms with Crippen molar-refractivity contribution >= 4 is 11.6 Å². The first-order valence-corrected chi connectivity index (χ1v) is 9.13. The summed E-state index contributed by atoms with van der Waals surface area (Å²) in [6.07, 6.45) is 9.01. The van der Waals surface area contributed by atoms with Crippen LogP contribution in [-0.4, -0.2) is 26.9 Å². The summed E-state index contributed by atoms with van der Waals surface area (Å²) >= 11 is 0. The van der Waals surface area contributed by atoms with Crippen LogP contribution in [0.25, 0.3) is 5.65 Å².